The molecule has 1 N–H and O–H groups in total. The molecule has 0 bridgehead atoms. The number of thioether (sulfide) groups is 1. The SMILES string of the molecule is CC1(C)CC(=O)N(CCc2ccc(OC(=O)N3CCC(CSc4nc[nH]n4)CC3)nc2)C(=O)C1. The van der Waals surface area contributed by atoms with Crippen LogP contribution in [0.15, 0.2) is 29.8 Å². The molecule has 2 aromatic rings. The molecule has 34 heavy (non-hydrogen) atoms. The highest BCUT2D eigenvalue weighted by Crippen LogP contribution is 2.31. The Bertz CT molecular complexity index is 983. The van der Waals surface area contributed by atoms with E-state index in [1.54, 1.807) is 35.3 Å². The molecule has 3 amide bonds. The van der Waals surface area contributed by atoms with Gasteiger partial charge in [-0.3, -0.25) is 19.6 Å². The fraction of sp³-hybridized carbons (Fsp3) is 0.565. The number of pyridine rings is 1. The molecule has 4 rings (SSSR count). The molecular formula is C23H30N6O4S. The number of nitrogens with one attached hydrogen (secondary N) is 1. The first kappa shape index (κ1) is 24.2. The summed E-state index contributed by atoms with van der Waals surface area (Å²) in [5, 5.41) is 7.50. The van der Waals surface area contributed by atoms with Gasteiger partial charge >= 0.3 is 6.09 Å². The number of aromatic nitrogens is 4. The second-order valence-corrected chi connectivity index (χ2v) is 10.6. The summed E-state index contributed by atoms with van der Waals surface area (Å²) in [5.74, 6) is 1.42. The van der Waals surface area contributed by atoms with Crippen molar-refractivity contribution in [3.05, 3.63) is 30.2 Å². The molecule has 0 spiro atoms. The van der Waals surface area contributed by atoms with E-state index in [2.05, 4.69) is 20.2 Å². The molecule has 0 aromatic carbocycles. The Morgan fingerprint density at radius 2 is 1.91 bits per heavy atom. The number of H-pyrrole nitrogens is 1. The van der Waals surface area contributed by atoms with Gasteiger partial charge in [0, 0.05) is 50.5 Å². The van der Waals surface area contributed by atoms with Gasteiger partial charge in [-0.25, -0.2) is 14.8 Å². The maximum absolute atomic E-state index is 12.5. The Morgan fingerprint density at radius 3 is 2.53 bits per heavy atom. The van der Waals surface area contributed by atoms with Gasteiger partial charge in [-0.15, -0.1) is 5.10 Å². The van der Waals surface area contributed by atoms with Crippen LogP contribution in [0.3, 0.4) is 0 Å². The number of amides is 3. The van der Waals surface area contributed by atoms with E-state index in [9.17, 15) is 14.4 Å². The molecule has 10 nitrogen and oxygen atoms in total. The van der Waals surface area contributed by atoms with E-state index in [4.69, 9.17) is 4.74 Å². The zero-order valence-electron chi connectivity index (χ0n) is 19.5. The minimum atomic E-state index is -0.396. The number of likely N-dealkylation sites (tertiary alicyclic amines) is 2. The van der Waals surface area contributed by atoms with Gasteiger partial charge in [0.25, 0.3) is 0 Å². The maximum Gasteiger partial charge on any atom is 0.416 e. The number of hydrogen-bond acceptors (Lipinski definition) is 8. The molecular weight excluding hydrogens is 456 g/mol. The van der Waals surface area contributed by atoms with Crippen LogP contribution in [0.1, 0.15) is 45.1 Å². The molecule has 0 radical (unpaired) electrons. The molecule has 2 aromatic heterocycles. The Kier molecular flexibility index (Phi) is 7.50. The van der Waals surface area contributed by atoms with Crippen molar-refractivity contribution < 1.29 is 19.1 Å². The zero-order valence-corrected chi connectivity index (χ0v) is 20.3. The van der Waals surface area contributed by atoms with Crippen LogP contribution in [0.2, 0.25) is 0 Å². The van der Waals surface area contributed by atoms with Crippen molar-refractivity contribution in [2.24, 2.45) is 11.3 Å². The number of ether oxygens (including phenoxy) is 1. The summed E-state index contributed by atoms with van der Waals surface area (Å²) in [6.45, 7) is 5.49. The summed E-state index contributed by atoms with van der Waals surface area (Å²) in [6.07, 6.45) is 5.88. The van der Waals surface area contributed by atoms with Gasteiger partial charge in [-0.1, -0.05) is 31.7 Å². The summed E-state index contributed by atoms with van der Waals surface area (Å²) in [6, 6.07) is 3.46. The van der Waals surface area contributed by atoms with Gasteiger partial charge in [-0.2, -0.15) is 0 Å². The van der Waals surface area contributed by atoms with Crippen molar-refractivity contribution in [1.29, 1.82) is 0 Å². The van der Waals surface area contributed by atoms with E-state index in [1.807, 2.05) is 19.9 Å². The summed E-state index contributed by atoms with van der Waals surface area (Å²) < 4.78 is 5.44. The Hall–Kier alpha value is -2.95. The molecule has 2 aliphatic heterocycles. The van der Waals surface area contributed by atoms with Crippen molar-refractivity contribution in [2.45, 2.75) is 51.1 Å². The van der Waals surface area contributed by atoms with Crippen molar-refractivity contribution in [1.82, 2.24) is 30.0 Å². The highest BCUT2D eigenvalue weighted by atomic mass is 32.2. The Morgan fingerprint density at radius 1 is 1.18 bits per heavy atom. The van der Waals surface area contributed by atoms with Gasteiger partial charge in [0.05, 0.1) is 0 Å². The van der Waals surface area contributed by atoms with Crippen molar-refractivity contribution in [3.63, 3.8) is 0 Å². The number of carbonyl (C=O) groups excluding carboxylic acids is 3. The van der Waals surface area contributed by atoms with Crippen molar-refractivity contribution in [3.8, 4) is 5.88 Å². The van der Waals surface area contributed by atoms with E-state index >= 15 is 0 Å². The van der Waals surface area contributed by atoms with Crippen molar-refractivity contribution >= 4 is 29.7 Å². The highest BCUT2D eigenvalue weighted by Gasteiger charge is 2.37. The number of nitrogens with zero attached hydrogens (tertiary/aromatic N) is 5. The molecule has 2 fully saturated rings. The molecule has 0 unspecified atom stereocenters. The lowest BCUT2D eigenvalue weighted by molar-refractivity contribution is -0.152. The Labute approximate surface area is 202 Å². The molecule has 0 atom stereocenters. The number of piperidine rings is 2. The predicted molar refractivity (Wildman–Crippen MR) is 125 cm³/mol. The summed E-state index contributed by atoms with van der Waals surface area (Å²) in [4.78, 5) is 48.5. The lowest BCUT2D eigenvalue weighted by Crippen LogP contribution is -2.46. The third-order valence-corrected chi connectivity index (χ3v) is 7.28. The largest absolute Gasteiger partial charge is 0.416 e. The fourth-order valence-electron chi connectivity index (χ4n) is 4.22. The third kappa shape index (κ3) is 6.34. The molecule has 0 aliphatic carbocycles. The quantitative estimate of drug-likeness (QED) is 0.468. The number of imide groups is 1. The van der Waals surface area contributed by atoms with Crippen LogP contribution >= 0.6 is 11.8 Å². The minimum absolute atomic E-state index is 0.125. The van der Waals surface area contributed by atoms with Gasteiger partial charge in [0.1, 0.15) is 6.33 Å². The van der Waals surface area contributed by atoms with Gasteiger partial charge in [0.15, 0.2) is 0 Å². The standard InChI is InChI=1S/C23H30N6O4S/c1-23(2)11-19(30)29(20(31)12-23)10-7-16-3-4-18(24-13-16)33-22(32)28-8-5-17(6-9-28)14-34-21-25-15-26-27-21/h3-4,13,15,17H,5-12,14H2,1-2H3,(H,25,26,27). The van der Waals surface area contributed by atoms with Crippen LogP contribution in [0, 0.1) is 11.3 Å². The molecule has 2 aliphatic rings. The first-order valence-electron chi connectivity index (χ1n) is 11.5. The van der Waals surface area contributed by atoms with Crippen LogP contribution in [0.4, 0.5) is 4.79 Å². The average molecular weight is 487 g/mol. The van der Waals surface area contributed by atoms with Crippen LogP contribution in [-0.2, 0) is 16.0 Å². The lowest BCUT2D eigenvalue weighted by atomic mass is 9.81. The first-order valence-corrected chi connectivity index (χ1v) is 12.5. The van der Waals surface area contributed by atoms with E-state index in [0.717, 1.165) is 29.3 Å². The van der Waals surface area contributed by atoms with E-state index in [0.29, 0.717) is 44.8 Å². The van der Waals surface area contributed by atoms with E-state index in [-0.39, 0.29) is 23.1 Å². The van der Waals surface area contributed by atoms with Crippen LogP contribution in [0.25, 0.3) is 0 Å². The topological polar surface area (TPSA) is 121 Å². The van der Waals surface area contributed by atoms with Crippen LogP contribution in [-0.4, -0.2) is 73.3 Å². The van der Waals surface area contributed by atoms with Crippen molar-refractivity contribution in [2.75, 3.05) is 25.4 Å². The number of hydrogen-bond donors (Lipinski definition) is 1. The maximum atomic E-state index is 12.5. The number of aromatic amines is 1. The third-order valence-electron chi connectivity index (χ3n) is 6.19. The number of carbonyl (C=O) groups is 3. The van der Waals surface area contributed by atoms with E-state index in [1.165, 1.54) is 4.90 Å². The summed E-state index contributed by atoms with van der Waals surface area (Å²) in [7, 11) is 0. The molecule has 4 heterocycles. The van der Waals surface area contributed by atoms with Crippen LogP contribution in [0.5, 0.6) is 5.88 Å². The zero-order chi connectivity index (χ0) is 24.1. The van der Waals surface area contributed by atoms with Crippen LogP contribution < -0.4 is 4.74 Å². The predicted octanol–water partition coefficient (Wildman–Crippen LogP) is 2.92. The average Bonchev–Trinajstić information content (AvgIpc) is 3.31. The van der Waals surface area contributed by atoms with Gasteiger partial charge in [0.2, 0.25) is 22.9 Å². The van der Waals surface area contributed by atoms with E-state index < -0.39 is 6.09 Å². The molecule has 182 valence electrons. The van der Waals surface area contributed by atoms with Gasteiger partial charge in [-0.05, 0) is 36.2 Å². The smallest absolute Gasteiger partial charge is 0.391 e. The Balaban J connectivity index is 1.20. The second kappa shape index (κ2) is 10.5. The summed E-state index contributed by atoms with van der Waals surface area (Å²) >= 11 is 1.62. The normalized spacial score (nSPS) is 18.9. The fourth-order valence-corrected chi connectivity index (χ4v) is 5.18. The highest BCUT2D eigenvalue weighted by molar-refractivity contribution is 7.99. The molecule has 2 saturated heterocycles. The first-order chi connectivity index (χ1) is 16.3. The molecule has 11 heteroatoms. The second-order valence-electron chi connectivity index (χ2n) is 9.60. The summed E-state index contributed by atoms with van der Waals surface area (Å²) in [5.41, 5.74) is 0.596. The monoisotopic (exact) mass is 486 g/mol. The number of rotatable bonds is 7. The minimum Gasteiger partial charge on any atom is -0.391 e. The lowest BCUT2D eigenvalue weighted by Gasteiger charge is -2.34. The molecule has 0 saturated carbocycles. The van der Waals surface area contributed by atoms with Gasteiger partial charge < -0.3 is 9.64 Å².